The molecule has 1 N–H and O–H groups in total. The van der Waals surface area contributed by atoms with Gasteiger partial charge in [-0.05, 0) is 24.7 Å². The van der Waals surface area contributed by atoms with Crippen molar-refractivity contribution in [1.82, 2.24) is 10.2 Å². The topological polar surface area (TPSA) is 27.7 Å². The Morgan fingerprint density at radius 2 is 1.79 bits per heavy atom. The fraction of sp³-hybridized carbons (Fsp3) is 0.600. The molecule has 1 heterocycles. The largest absolute Gasteiger partial charge is 0.383 e. The van der Waals surface area contributed by atoms with Gasteiger partial charge in [0.15, 0.2) is 0 Å². The van der Waals surface area contributed by atoms with Crippen LogP contribution in [0.15, 0.2) is 24.3 Å². The van der Waals surface area contributed by atoms with Crippen LogP contribution in [0.2, 0.25) is 0 Å². The van der Waals surface area contributed by atoms with Crippen molar-refractivity contribution in [3.8, 4) is 0 Å². The second-order valence-corrected chi connectivity index (χ2v) is 5.13. The van der Waals surface area contributed by atoms with E-state index in [1.165, 1.54) is 11.3 Å². The molecule has 1 aliphatic heterocycles. The molecule has 0 spiro atoms. The van der Waals surface area contributed by atoms with E-state index in [0.717, 1.165) is 45.9 Å². The highest BCUT2D eigenvalue weighted by atomic mass is 16.5. The van der Waals surface area contributed by atoms with Crippen LogP contribution in [0.5, 0.6) is 0 Å². The van der Waals surface area contributed by atoms with Gasteiger partial charge in [-0.25, -0.2) is 0 Å². The van der Waals surface area contributed by atoms with Gasteiger partial charge >= 0.3 is 0 Å². The van der Waals surface area contributed by atoms with Crippen LogP contribution < -0.4 is 10.2 Å². The van der Waals surface area contributed by atoms with Crippen LogP contribution >= 0.6 is 0 Å². The van der Waals surface area contributed by atoms with Gasteiger partial charge in [0.1, 0.15) is 0 Å². The Morgan fingerprint density at radius 1 is 1.11 bits per heavy atom. The van der Waals surface area contributed by atoms with Gasteiger partial charge in [-0.1, -0.05) is 12.1 Å². The van der Waals surface area contributed by atoms with Crippen molar-refractivity contribution in [2.45, 2.75) is 6.54 Å². The minimum Gasteiger partial charge on any atom is -0.383 e. The number of nitrogens with zero attached hydrogens (tertiary/aromatic N) is 2. The third-order valence-electron chi connectivity index (χ3n) is 3.62. The minimum absolute atomic E-state index is 0.763. The summed E-state index contributed by atoms with van der Waals surface area (Å²) in [7, 11) is 3.92. The summed E-state index contributed by atoms with van der Waals surface area (Å²) in [6.07, 6.45) is 0. The van der Waals surface area contributed by atoms with Gasteiger partial charge in [0.2, 0.25) is 0 Å². The fourth-order valence-corrected chi connectivity index (χ4v) is 2.30. The molecule has 1 aromatic rings. The lowest BCUT2D eigenvalue weighted by atomic mass is 10.2. The maximum atomic E-state index is 5.01. The number of ether oxygens (including phenoxy) is 1. The number of benzene rings is 1. The van der Waals surface area contributed by atoms with Crippen LogP contribution in [0.3, 0.4) is 0 Å². The molecule has 0 saturated carbocycles. The second kappa shape index (κ2) is 7.48. The van der Waals surface area contributed by atoms with Crippen LogP contribution in [-0.4, -0.2) is 58.4 Å². The number of piperazine rings is 1. The summed E-state index contributed by atoms with van der Waals surface area (Å²) in [5.74, 6) is 0. The zero-order chi connectivity index (χ0) is 13.5. The third-order valence-corrected chi connectivity index (χ3v) is 3.62. The molecular formula is C15H25N3O. The van der Waals surface area contributed by atoms with Crippen LogP contribution in [0, 0.1) is 0 Å². The van der Waals surface area contributed by atoms with E-state index in [4.69, 9.17) is 4.74 Å². The summed E-state index contributed by atoms with van der Waals surface area (Å²) in [5.41, 5.74) is 2.67. The molecule has 1 aliphatic rings. The SMILES string of the molecule is COCCNCc1ccc(N2CCN(C)CC2)cc1. The Labute approximate surface area is 116 Å². The van der Waals surface area contributed by atoms with E-state index in [0.29, 0.717) is 0 Å². The fourth-order valence-electron chi connectivity index (χ4n) is 2.30. The molecule has 4 heteroatoms. The molecule has 0 radical (unpaired) electrons. The molecule has 0 aliphatic carbocycles. The summed E-state index contributed by atoms with van der Waals surface area (Å²) < 4.78 is 5.01. The van der Waals surface area contributed by atoms with Gasteiger partial charge in [0.25, 0.3) is 0 Å². The first kappa shape index (κ1) is 14.3. The molecule has 4 nitrogen and oxygen atoms in total. The zero-order valence-electron chi connectivity index (χ0n) is 12.1. The van der Waals surface area contributed by atoms with Crippen LogP contribution in [0.25, 0.3) is 0 Å². The Bertz CT molecular complexity index is 358. The first-order valence-electron chi connectivity index (χ1n) is 7.01. The molecule has 19 heavy (non-hydrogen) atoms. The van der Waals surface area contributed by atoms with Crippen LogP contribution in [0.4, 0.5) is 5.69 Å². The zero-order valence-corrected chi connectivity index (χ0v) is 12.1. The Kier molecular flexibility index (Phi) is 5.63. The predicted octanol–water partition coefficient (Wildman–Crippen LogP) is 1.17. The Morgan fingerprint density at radius 3 is 2.42 bits per heavy atom. The molecule has 1 fully saturated rings. The van der Waals surface area contributed by atoms with Crippen molar-refractivity contribution < 1.29 is 4.74 Å². The lowest BCUT2D eigenvalue weighted by molar-refractivity contribution is 0.199. The van der Waals surface area contributed by atoms with Crippen molar-refractivity contribution in [1.29, 1.82) is 0 Å². The Balaban J connectivity index is 1.81. The number of hydrogen-bond acceptors (Lipinski definition) is 4. The standard InChI is InChI=1S/C15H25N3O/c1-17-8-10-18(11-9-17)15-5-3-14(4-6-15)13-16-7-12-19-2/h3-6,16H,7-13H2,1-2H3. The number of nitrogens with one attached hydrogen (secondary N) is 1. The van der Waals surface area contributed by atoms with E-state index in [1.807, 2.05) is 0 Å². The number of rotatable bonds is 6. The van der Waals surface area contributed by atoms with E-state index in [2.05, 4.69) is 46.4 Å². The molecule has 0 amide bonds. The maximum absolute atomic E-state index is 5.01. The van der Waals surface area contributed by atoms with E-state index >= 15 is 0 Å². The maximum Gasteiger partial charge on any atom is 0.0587 e. The summed E-state index contributed by atoms with van der Waals surface area (Å²) in [5, 5.41) is 3.36. The highest BCUT2D eigenvalue weighted by Crippen LogP contribution is 2.16. The highest BCUT2D eigenvalue weighted by Gasteiger charge is 2.13. The molecule has 0 unspecified atom stereocenters. The van der Waals surface area contributed by atoms with Gasteiger partial charge in [-0.2, -0.15) is 0 Å². The monoisotopic (exact) mass is 263 g/mol. The van der Waals surface area contributed by atoms with Gasteiger partial charge in [0, 0.05) is 52.1 Å². The van der Waals surface area contributed by atoms with Crippen LogP contribution in [-0.2, 0) is 11.3 Å². The first-order valence-corrected chi connectivity index (χ1v) is 7.01. The van der Waals surface area contributed by atoms with Crippen molar-refractivity contribution in [2.75, 3.05) is 58.4 Å². The first-order chi connectivity index (χ1) is 9.29. The van der Waals surface area contributed by atoms with E-state index in [9.17, 15) is 0 Å². The van der Waals surface area contributed by atoms with E-state index in [1.54, 1.807) is 7.11 Å². The molecule has 0 aromatic heterocycles. The molecule has 1 saturated heterocycles. The normalized spacial score (nSPS) is 16.8. The molecule has 0 bridgehead atoms. The van der Waals surface area contributed by atoms with Crippen molar-refractivity contribution >= 4 is 5.69 Å². The lowest BCUT2D eigenvalue weighted by Crippen LogP contribution is -2.44. The number of hydrogen-bond donors (Lipinski definition) is 1. The number of methoxy groups -OCH3 is 1. The average Bonchev–Trinajstić information content (AvgIpc) is 2.45. The smallest absolute Gasteiger partial charge is 0.0587 e. The van der Waals surface area contributed by atoms with Gasteiger partial charge in [-0.3, -0.25) is 0 Å². The highest BCUT2D eigenvalue weighted by molar-refractivity contribution is 5.48. The van der Waals surface area contributed by atoms with E-state index < -0.39 is 0 Å². The van der Waals surface area contributed by atoms with Crippen molar-refractivity contribution in [2.24, 2.45) is 0 Å². The molecule has 106 valence electrons. The molecule has 1 aromatic carbocycles. The van der Waals surface area contributed by atoms with Crippen LogP contribution in [0.1, 0.15) is 5.56 Å². The predicted molar refractivity (Wildman–Crippen MR) is 79.7 cm³/mol. The average molecular weight is 263 g/mol. The summed E-state index contributed by atoms with van der Waals surface area (Å²) in [4.78, 5) is 4.84. The second-order valence-electron chi connectivity index (χ2n) is 5.13. The lowest BCUT2D eigenvalue weighted by Gasteiger charge is -2.34. The van der Waals surface area contributed by atoms with Gasteiger partial charge in [-0.15, -0.1) is 0 Å². The molecule has 0 atom stereocenters. The summed E-state index contributed by atoms with van der Waals surface area (Å²) >= 11 is 0. The van der Waals surface area contributed by atoms with Crippen molar-refractivity contribution in [3.05, 3.63) is 29.8 Å². The quantitative estimate of drug-likeness (QED) is 0.780. The van der Waals surface area contributed by atoms with Crippen molar-refractivity contribution in [3.63, 3.8) is 0 Å². The molecule has 2 rings (SSSR count). The Hall–Kier alpha value is -1.10. The third kappa shape index (κ3) is 4.49. The van der Waals surface area contributed by atoms with Gasteiger partial charge in [0.05, 0.1) is 6.61 Å². The molecular weight excluding hydrogens is 238 g/mol. The number of anilines is 1. The number of likely N-dealkylation sites (N-methyl/N-ethyl adjacent to an activating group) is 1. The summed E-state index contributed by atoms with van der Waals surface area (Å²) in [6.45, 7) is 7.13. The minimum atomic E-state index is 0.763. The van der Waals surface area contributed by atoms with Gasteiger partial charge < -0.3 is 19.9 Å². The van der Waals surface area contributed by atoms with E-state index in [-0.39, 0.29) is 0 Å². The summed E-state index contributed by atoms with van der Waals surface area (Å²) in [6, 6.07) is 8.90.